The Kier molecular flexibility index (Phi) is 14.4. The molecular formula is C47H64N8O8S. The van der Waals surface area contributed by atoms with Crippen LogP contribution in [0.2, 0.25) is 0 Å². The van der Waals surface area contributed by atoms with E-state index in [1.54, 1.807) is 25.3 Å². The summed E-state index contributed by atoms with van der Waals surface area (Å²) in [6.45, 7) is 13.8. The van der Waals surface area contributed by atoms with Crippen molar-refractivity contribution >= 4 is 46.1 Å². The number of esters is 1. The van der Waals surface area contributed by atoms with E-state index in [0.29, 0.717) is 50.4 Å². The molecule has 16 nitrogen and oxygen atoms in total. The third-order valence-electron chi connectivity index (χ3n) is 13.0. The van der Waals surface area contributed by atoms with Gasteiger partial charge in [-0.15, -0.1) is 11.3 Å². The number of aliphatic hydroxyl groups excluding tert-OH is 1. The number of nitrogens with one attached hydrogen (secondary N) is 2. The largest absolute Gasteiger partial charge is 0.464 e. The maximum Gasteiger partial charge on any atom is 0.324 e. The van der Waals surface area contributed by atoms with Crippen molar-refractivity contribution in [1.29, 1.82) is 0 Å². The van der Waals surface area contributed by atoms with Crippen molar-refractivity contribution in [2.24, 2.45) is 17.3 Å². The van der Waals surface area contributed by atoms with Crippen LogP contribution >= 0.6 is 11.3 Å². The van der Waals surface area contributed by atoms with Crippen molar-refractivity contribution in [2.45, 2.75) is 104 Å². The van der Waals surface area contributed by atoms with E-state index < -0.39 is 41.3 Å². The van der Waals surface area contributed by atoms with Gasteiger partial charge < -0.3 is 39.0 Å². The molecule has 5 atom stereocenters. The van der Waals surface area contributed by atoms with Crippen LogP contribution in [0, 0.1) is 17.3 Å². The molecule has 2 saturated heterocycles. The van der Waals surface area contributed by atoms with Gasteiger partial charge in [-0.2, -0.15) is 0 Å². The molecule has 64 heavy (non-hydrogen) atoms. The Morgan fingerprint density at radius 3 is 2.59 bits per heavy atom. The predicted molar refractivity (Wildman–Crippen MR) is 244 cm³/mol. The van der Waals surface area contributed by atoms with Gasteiger partial charge in [0.1, 0.15) is 18.1 Å². The number of carbonyl (C=O) groups is 4. The van der Waals surface area contributed by atoms with Crippen molar-refractivity contribution in [1.82, 2.24) is 40.1 Å². The molecule has 0 radical (unpaired) electrons. The van der Waals surface area contributed by atoms with Gasteiger partial charge in [0, 0.05) is 98.8 Å². The highest BCUT2D eigenvalue weighted by atomic mass is 32.1. The number of amides is 4. The number of hydrazine groups is 1. The van der Waals surface area contributed by atoms with Crippen LogP contribution in [0.15, 0.2) is 41.9 Å². The monoisotopic (exact) mass is 900 g/mol. The van der Waals surface area contributed by atoms with E-state index in [1.807, 2.05) is 32.2 Å². The fraction of sp³-hybridized carbons (Fsp3) is 0.574. The number of aryl methyl sites for hydroxylation is 1. The molecule has 6 bridgehead atoms. The first kappa shape index (κ1) is 47.0. The molecule has 3 aliphatic heterocycles. The van der Waals surface area contributed by atoms with Gasteiger partial charge in [0.05, 0.1) is 47.5 Å². The Morgan fingerprint density at radius 1 is 1.14 bits per heavy atom. The Morgan fingerprint density at radius 2 is 1.91 bits per heavy atom. The van der Waals surface area contributed by atoms with Crippen LogP contribution in [0.25, 0.3) is 33.4 Å². The average Bonchev–Trinajstić information content (AvgIpc) is 3.86. The molecule has 17 heteroatoms. The number of urea groups is 1. The zero-order chi connectivity index (χ0) is 46.0. The Hall–Kier alpha value is -4.94. The second-order valence-electron chi connectivity index (χ2n) is 18.5. The molecule has 0 saturated carbocycles. The van der Waals surface area contributed by atoms with Crippen LogP contribution in [0.5, 0.6) is 0 Å². The molecule has 3 aliphatic rings. The predicted octanol–water partition coefficient (Wildman–Crippen LogP) is 5.22. The summed E-state index contributed by atoms with van der Waals surface area (Å²) in [5.74, 6) is -1.67. The zero-order valence-corrected chi connectivity index (χ0v) is 39.4. The molecule has 0 aliphatic carbocycles. The average molecular weight is 901 g/mol. The number of likely N-dealkylation sites (N-methyl/N-ethyl adjacent to an activating group) is 1. The highest BCUT2D eigenvalue weighted by molar-refractivity contribution is 7.10. The standard InChI is InChI=1S/C47H64N8O8S/c1-10-54-37-16-15-29-19-32(37)33(42(54)31-13-11-17-48-40(31)28(4)61-8)21-47(5,6)26-63-45(59)34-14-12-18-55(51-34)44(58)35(20-39-49-36(29)25-64-39)50-43(57)41(27(2)3)52(7)46(60)53-22-30(23-53)38(24-56)62-9/h11,13,15-17,19,25,27-28,30,34-35,38,41,51,56H,10,12,14,18,20-24,26H2,1-9H3,(H,50,57)/t28-,34-,35-,38+,41-/m0/s1. The number of aromatic nitrogens is 3. The first-order valence-corrected chi connectivity index (χ1v) is 23.2. The summed E-state index contributed by atoms with van der Waals surface area (Å²) in [6, 6.07) is 7.32. The number of fused-ring (bicyclic) bond motifs is 6. The maximum absolute atomic E-state index is 14.6. The van der Waals surface area contributed by atoms with E-state index >= 15 is 0 Å². The summed E-state index contributed by atoms with van der Waals surface area (Å²) in [4.78, 5) is 69.4. The third kappa shape index (κ3) is 9.55. The van der Waals surface area contributed by atoms with E-state index in [0.717, 1.165) is 44.7 Å². The highest BCUT2D eigenvalue weighted by Gasteiger charge is 2.42. The van der Waals surface area contributed by atoms with Crippen molar-refractivity contribution in [3.05, 3.63) is 58.2 Å². The van der Waals surface area contributed by atoms with Crippen LogP contribution in [-0.2, 0) is 48.0 Å². The minimum absolute atomic E-state index is 0.0137. The van der Waals surface area contributed by atoms with Crippen LogP contribution < -0.4 is 10.7 Å². The summed E-state index contributed by atoms with van der Waals surface area (Å²) in [7, 11) is 4.81. The van der Waals surface area contributed by atoms with Crippen molar-refractivity contribution in [3.8, 4) is 22.5 Å². The van der Waals surface area contributed by atoms with E-state index in [1.165, 1.54) is 28.4 Å². The summed E-state index contributed by atoms with van der Waals surface area (Å²) in [5.41, 5.74) is 9.27. The van der Waals surface area contributed by atoms with Gasteiger partial charge in [0.25, 0.3) is 5.91 Å². The first-order valence-electron chi connectivity index (χ1n) is 22.4. The quantitative estimate of drug-likeness (QED) is 0.168. The lowest BCUT2D eigenvalue weighted by molar-refractivity contribution is -0.155. The lowest BCUT2D eigenvalue weighted by Gasteiger charge is -2.45. The molecule has 7 rings (SSSR count). The fourth-order valence-electron chi connectivity index (χ4n) is 9.41. The summed E-state index contributed by atoms with van der Waals surface area (Å²) >= 11 is 1.41. The van der Waals surface area contributed by atoms with Gasteiger partial charge in [-0.3, -0.25) is 24.4 Å². The molecule has 3 N–H and O–H groups in total. The number of rotatable bonds is 11. The number of cyclic esters (lactones) is 1. The number of benzene rings is 1. The number of carbonyl (C=O) groups excluding carboxylic acids is 4. The van der Waals surface area contributed by atoms with E-state index in [-0.39, 0.29) is 49.7 Å². The van der Waals surface area contributed by atoms with Crippen LogP contribution in [0.4, 0.5) is 4.79 Å². The van der Waals surface area contributed by atoms with Crippen LogP contribution in [0.3, 0.4) is 0 Å². The van der Waals surface area contributed by atoms with E-state index in [2.05, 4.69) is 60.3 Å². The number of pyridine rings is 1. The topological polar surface area (TPSA) is 181 Å². The molecule has 1 aromatic carbocycles. The zero-order valence-electron chi connectivity index (χ0n) is 38.6. The Bertz CT molecular complexity index is 2340. The van der Waals surface area contributed by atoms with Crippen molar-refractivity contribution in [3.63, 3.8) is 0 Å². The normalized spacial score (nSPS) is 20.9. The second kappa shape index (κ2) is 19.7. The van der Waals surface area contributed by atoms with Gasteiger partial charge >= 0.3 is 12.0 Å². The fourth-order valence-corrected chi connectivity index (χ4v) is 10.3. The molecule has 2 fully saturated rings. The van der Waals surface area contributed by atoms with E-state index in [9.17, 15) is 24.3 Å². The lowest BCUT2D eigenvalue weighted by atomic mass is 9.84. The van der Waals surface area contributed by atoms with Crippen molar-refractivity contribution in [2.75, 3.05) is 54.1 Å². The molecule has 0 spiro atoms. The number of hydrogen-bond acceptors (Lipinski definition) is 12. The number of hydrogen-bond donors (Lipinski definition) is 3. The minimum Gasteiger partial charge on any atom is -0.464 e. The number of likely N-dealkylation sites (tertiary alicyclic amines) is 1. The maximum atomic E-state index is 14.6. The Balaban J connectivity index is 1.26. The van der Waals surface area contributed by atoms with Gasteiger partial charge in [-0.05, 0) is 68.9 Å². The van der Waals surface area contributed by atoms with Gasteiger partial charge in [-0.1, -0.05) is 33.8 Å². The van der Waals surface area contributed by atoms with E-state index in [4.69, 9.17) is 24.2 Å². The molecule has 3 aromatic heterocycles. The molecule has 0 unspecified atom stereocenters. The van der Waals surface area contributed by atoms with Gasteiger partial charge in [0.15, 0.2) is 0 Å². The molecular weight excluding hydrogens is 837 g/mol. The number of thiazole rings is 1. The third-order valence-corrected chi connectivity index (χ3v) is 13.8. The molecule has 6 heterocycles. The summed E-state index contributed by atoms with van der Waals surface area (Å²) in [5, 5.41) is 17.8. The van der Waals surface area contributed by atoms with Gasteiger partial charge in [-0.25, -0.2) is 15.2 Å². The number of methoxy groups -OCH3 is 2. The second-order valence-corrected chi connectivity index (χ2v) is 19.4. The number of nitrogens with zero attached hydrogens (tertiary/aromatic N) is 6. The Labute approximate surface area is 379 Å². The van der Waals surface area contributed by atoms with Crippen LogP contribution in [0.1, 0.15) is 76.8 Å². The number of ether oxygens (including phenoxy) is 3. The number of aliphatic hydroxyl groups is 1. The van der Waals surface area contributed by atoms with Gasteiger partial charge in [0.2, 0.25) is 5.91 Å². The lowest BCUT2D eigenvalue weighted by Crippen LogP contribution is -2.64. The summed E-state index contributed by atoms with van der Waals surface area (Å²) < 4.78 is 19.6. The van der Waals surface area contributed by atoms with Crippen molar-refractivity contribution < 1.29 is 38.5 Å². The SMILES string of the molecule is CCn1c(-c2cccnc2[C@H](C)OC)c2c3cc(ccc31)-c1csc(n1)C[C@H](NC(=O)[C@H](C(C)C)N(C)C(=O)N1CC([C@@H](CO)OC)C1)C(=O)N1CCC[C@H](N1)C(=O)OCC(C)(C)C2. The molecule has 4 aromatic rings. The smallest absolute Gasteiger partial charge is 0.324 e. The minimum atomic E-state index is -1.07. The molecule has 346 valence electrons. The highest BCUT2D eigenvalue weighted by Crippen LogP contribution is 2.42. The first-order chi connectivity index (χ1) is 30.6. The summed E-state index contributed by atoms with van der Waals surface area (Å²) in [6.07, 6.45) is 2.83. The van der Waals surface area contributed by atoms with Crippen LogP contribution in [-0.4, -0.2) is 137 Å². The molecule has 4 amide bonds.